The molecule has 2 rings (SSSR count). The highest BCUT2D eigenvalue weighted by Gasteiger charge is 2.21. The van der Waals surface area contributed by atoms with E-state index in [2.05, 4.69) is 15.9 Å². The lowest BCUT2D eigenvalue weighted by Gasteiger charge is -2.25. The van der Waals surface area contributed by atoms with Crippen molar-refractivity contribution in [2.24, 2.45) is 0 Å². The monoisotopic (exact) mass is 301 g/mol. The molecule has 0 aliphatic carbocycles. The van der Waals surface area contributed by atoms with Gasteiger partial charge in [-0.15, -0.1) is 11.3 Å². The Bertz CT molecular complexity index is 416. The van der Waals surface area contributed by atoms with Crippen LogP contribution in [0.5, 0.6) is 0 Å². The fourth-order valence-electron chi connectivity index (χ4n) is 1.74. The maximum Gasteiger partial charge on any atom is 0.222 e. The maximum atomic E-state index is 11.9. The number of hydrogen-bond donors (Lipinski definition) is 0. The third kappa shape index (κ3) is 2.71. The molecular formula is C11H12BrNO2S. The Morgan fingerprint density at radius 1 is 1.44 bits per heavy atom. The van der Waals surface area contributed by atoms with E-state index in [-0.39, 0.29) is 18.2 Å². The van der Waals surface area contributed by atoms with Gasteiger partial charge in [-0.3, -0.25) is 9.59 Å². The lowest BCUT2D eigenvalue weighted by molar-refractivity contribution is -0.132. The topological polar surface area (TPSA) is 37.4 Å². The van der Waals surface area contributed by atoms with Crippen molar-refractivity contribution in [3.63, 3.8) is 0 Å². The molecule has 0 bridgehead atoms. The number of halogens is 1. The SMILES string of the molecule is O=C(CN1CCCCC1=O)c1ccc(Br)s1. The zero-order chi connectivity index (χ0) is 11.5. The Morgan fingerprint density at radius 2 is 2.25 bits per heavy atom. The number of amides is 1. The van der Waals surface area contributed by atoms with Crippen LogP contribution in [0.1, 0.15) is 28.9 Å². The van der Waals surface area contributed by atoms with Gasteiger partial charge >= 0.3 is 0 Å². The van der Waals surface area contributed by atoms with E-state index < -0.39 is 0 Å². The van der Waals surface area contributed by atoms with E-state index in [9.17, 15) is 9.59 Å². The van der Waals surface area contributed by atoms with Crippen LogP contribution in [0, 0.1) is 0 Å². The van der Waals surface area contributed by atoms with Gasteiger partial charge in [0, 0.05) is 13.0 Å². The van der Waals surface area contributed by atoms with Gasteiger partial charge in [0.25, 0.3) is 0 Å². The molecule has 0 spiro atoms. The minimum absolute atomic E-state index is 0.0333. The van der Waals surface area contributed by atoms with Gasteiger partial charge in [0.1, 0.15) is 0 Å². The third-order valence-electron chi connectivity index (χ3n) is 2.60. The molecule has 0 saturated carbocycles. The van der Waals surface area contributed by atoms with Crippen molar-refractivity contribution < 1.29 is 9.59 Å². The van der Waals surface area contributed by atoms with E-state index >= 15 is 0 Å². The fraction of sp³-hybridized carbons (Fsp3) is 0.455. The van der Waals surface area contributed by atoms with Crippen LogP contribution >= 0.6 is 27.3 Å². The van der Waals surface area contributed by atoms with Crippen LogP contribution in [0.2, 0.25) is 0 Å². The van der Waals surface area contributed by atoms with Crippen LogP contribution in [0.25, 0.3) is 0 Å². The fourth-order valence-corrected chi connectivity index (χ4v) is 3.06. The molecule has 16 heavy (non-hydrogen) atoms. The van der Waals surface area contributed by atoms with Crippen molar-refractivity contribution in [3.05, 3.63) is 20.8 Å². The number of rotatable bonds is 3. The highest BCUT2D eigenvalue weighted by molar-refractivity contribution is 9.11. The van der Waals surface area contributed by atoms with Crippen LogP contribution in [-0.2, 0) is 4.79 Å². The number of carbonyl (C=O) groups excluding carboxylic acids is 2. The van der Waals surface area contributed by atoms with Gasteiger partial charge in [-0.05, 0) is 40.9 Å². The molecule has 1 aromatic rings. The number of ketones is 1. The smallest absolute Gasteiger partial charge is 0.222 e. The minimum atomic E-state index is 0.0333. The Hall–Kier alpha value is -0.680. The first-order valence-electron chi connectivity index (χ1n) is 5.23. The molecular weight excluding hydrogens is 290 g/mol. The van der Waals surface area contributed by atoms with E-state index in [1.54, 1.807) is 11.0 Å². The first kappa shape index (κ1) is 11.8. The predicted octanol–water partition coefficient (Wildman–Crippen LogP) is 2.71. The molecule has 0 N–H and O–H groups in total. The molecule has 0 aromatic carbocycles. The van der Waals surface area contributed by atoms with Crippen LogP contribution in [0.15, 0.2) is 15.9 Å². The van der Waals surface area contributed by atoms with Gasteiger partial charge in [-0.25, -0.2) is 0 Å². The highest BCUT2D eigenvalue weighted by Crippen LogP contribution is 2.23. The Morgan fingerprint density at radius 3 is 2.88 bits per heavy atom. The van der Waals surface area contributed by atoms with Crippen LogP contribution < -0.4 is 0 Å². The van der Waals surface area contributed by atoms with E-state index in [1.165, 1.54) is 11.3 Å². The summed E-state index contributed by atoms with van der Waals surface area (Å²) in [7, 11) is 0. The molecule has 1 aromatic heterocycles. The molecule has 0 atom stereocenters. The first-order valence-corrected chi connectivity index (χ1v) is 6.84. The van der Waals surface area contributed by atoms with Crippen molar-refractivity contribution in [1.82, 2.24) is 4.90 Å². The summed E-state index contributed by atoms with van der Waals surface area (Å²) >= 11 is 4.74. The molecule has 0 unspecified atom stereocenters. The van der Waals surface area contributed by atoms with E-state index in [0.717, 1.165) is 23.2 Å². The van der Waals surface area contributed by atoms with Crippen molar-refractivity contribution in [2.45, 2.75) is 19.3 Å². The second-order valence-corrected chi connectivity index (χ2v) is 6.26. The second-order valence-electron chi connectivity index (χ2n) is 3.80. The predicted molar refractivity (Wildman–Crippen MR) is 66.8 cm³/mol. The van der Waals surface area contributed by atoms with E-state index in [4.69, 9.17) is 0 Å². The molecule has 1 aliphatic heterocycles. The molecule has 1 aliphatic rings. The zero-order valence-corrected chi connectivity index (χ0v) is 11.1. The maximum absolute atomic E-state index is 11.9. The number of carbonyl (C=O) groups is 2. The quantitative estimate of drug-likeness (QED) is 0.805. The standard InChI is InChI=1S/C11H12BrNO2S/c12-10-5-4-9(16-10)8(14)7-13-6-2-1-3-11(13)15/h4-5H,1-3,6-7H2. The number of thiophene rings is 1. The lowest BCUT2D eigenvalue weighted by Crippen LogP contribution is -2.38. The van der Waals surface area contributed by atoms with Crippen LogP contribution in [0.4, 0.5) is 0 Å². The molecule has 2 heterocycles. The average Bonchev–Trinajstić information content (AvgIpc) is 2.68. The number of piperidine rings is 1. The number of hydrogen-bond acceptors (Lipinski definition) is 3. The van der Waals surface area contributed by atoms with Crippen molar-refractivity contribution in [2.75, 3.05) is 13.1 Å². The normalized spacial score (nSPS) is 16.6. The second kappa shape index (κ2) is 5.10. The molecule has 1 fully saturated rings. The average molecular weight is 302 g/mol. The molecule has 1 amide bonds. The summed E-state index contributed by atoms with van der Waals surface area (Å²) in [5, 5.41) is 0. The summed E-state index contributed by atoms with van der Waals surface area (Å²) in [6.07, 6.45) is 2.54. The summed E-state index contributed by atoms with van der Waals surface area (Å²) < 4.78 is 0.945. The summed E-state index contributed by atoms with van der Waals surface area (Å²) in [5.41, 5.74) is 0. The van der Waals surface area contributed by atoms with Gasteiger partial charge in [-0.2, -0.15) is 0 Å². The molecule has 0 radical (unpaired) electrons. The largest absolute Gasteiger partial charge is 0.335 e. The summed E-state index contributed by atoms with van der Waals surface area (Å²) in [4.78, 5) is 25.8. The highest BCUT2D eigenvalue weighted by atomic mass is 79.9. The minimum Gasteiger partial charge on any atom is -0.335 e. The number of Topliss-reactive ketones (excluding diaryl/α,β-unsaturated/α-hetero) is 1. The lowest BCUT2D eigenvalue weighted by atomic mass is 10.1. The summed E-state index contributed by atoms with van der Waals surface area (Å²) in [6.45, 7) is 0.947. The zero-order valence-electron chi connectivity index (χ0n) is 8.74. The van der Waals surface area contributed by atoms with Crippen molar-refractivity contribution in [3.8, 4) is 0 Å². The van der Waals surface area contributed by atoms with Crippen molar-refractivity contribution in [1.29, 1.82) is 0 Å². The van der Waals surface area contributed by atoms with Gasteiger partial charge in [0.15, 0.2) is 5.78 Å². The summed E-state index contributed by atoms with van der Waals surface area (Å²) in [6, 6.07) is 3.65. The Labute approximate surface area is 107 Å². The van der Waals surface area contributed by atoms with Gasteiger partial charge in [0.05, 0.1) is 15.2 Å². The first-order chi connectivity index (χ1) is 7.66. The Kier molecular flexibility index (Phi) is 3.76. The van der Waals surface area contributed by atoms with E-state index in [1.807, 2.05) is 6.07 Å². The van der Waals surface area contributed by atoms with Gasteiger partial charge in [0.2, 0.25) is 5.91 Å². The molecule has 86 valence electrons. The molecule has 3 nitrogen and oxygen atoms in total. The van der Waals surface area contributed by atoms with Gasteiger partial charge < -0.3 is 4.90 Å². The molecule has 1 saturated heterocycles. The van der Waals surface area contributed by atoms with Crippen LogP contribution in [-0.4, -0.2) is 29.7 Å². The van der Waals surface area contributed by atoms with Gasteiger partial charge in [-0.1, -0.05) is 0 Å². The summed E-state index contributed by atoms with van der Waals surface area (Å²) in [5.74, 6) is 0.140. The van der Waals surface area contributed by atoms with Crippen molar-refractivity contribution >= 4 is 39.0 Å². The van der Waals surface area contributed by atoms with Crippen LogP contribution in [0.3, 0.4) is 0 Å². The third-order valence-corrected chi connectivity index (χ3v) is 4.27. The van der Waals surface area contributed by atoms with E-state index in [0.29, 0.717) is 11.3 Å². The number of likely N-dealkylation sites (tertiary alicyclic amines) is 1. The molecule has 5 heteroatoms. The Balaban J connectivity index is 1.99. The number of nitrogens with zero attached hydrogens (tertiary/aromatic N) is 1.